The Hall–Kier alpha value is -2.12. The lowest BCUT2D eigenvalue weighted by atomic mass is 9.95. The van der Waals surface area contributed by atoms with Crippen molar-refractivity contribution < 1.29 is 14.3 Å². The molecule has 0 aliphatic heterocycles. The van der Waals surface area contributed by atoms with E-state index in [1.165, 1.54) is 11.3 Å². The van der Waals surface area contributed by atoms with Crippen LogP contribution in [0.15, 0.2) is 23.6 Å². The van der Waals surface area contributed by atoms with E-state index < -0.39 is 0 Å². The first-order chi connectivity index (χ1) is 12.5. The van der Waals surface area contributed by atoms with Gasteiger partial charge in [-0.3, -0.25) is 4.79 Å². The van der Waals surface area contributed by atoms with Crippen LogP contribution in [0.4, 0.5) is 0 Å². The van der Waals surface area contributed by atoms with Gasteiger partial charge in [-0.15, -0.1) is 11.3 Å². The highest BCUT2D eigenvalue weighted by molar-refractivity contribution is 7.09. The Morgan fingerprint density at radius 2 is 1.92 bits per heavy atom. The number of nitrogens with zero attached hydrogens (tertiary/aromatic N) is 1. The molecule has 26 heavy (non-hydrogen) atoms. The summed E-state index contributed by atoms with van der Waals surface area (Å²) in [5.74, 6) is 1.38. The number of ether oxygens (including phenoxy) is 2. The number of amides is 1. The molecule has 0 saturated heterocycles. The second-order valence-corrected chi connectivity index (χ2v) is 7.04. The summed E-state index contributed by atoms with van der Waals surface area (Å²) < 4.78 is 11.3. The van der Waals surface area contributed by atoms with Crippen LogP contribution in [-0.4, -0.2) is 24.1 Å². The highest BCUT2D eigenvalue weighted by atomic mass is 32.1. The van der Waals surface area contributed by atoms with Crippen molar-refractivity contribution in [2.24, 2.45) is 11.7 Å². The predicted molar refractivity (Wildman–Crippen MR) is 104 cm³/mol. The van der Waals surface area contributed by atoms with E-state index in [2.05, 4.69) is 24.1 Å². The van der Waals surface area contributed by atoms with Gasteiger partial charge in [-0.1, -0.05) is 19.9 Å². The van der Waals surface area contributed by atoms with Crippen molar-refractivity contribution in [1.82, 2.24) is 10.3 Å². The number of carbonyl (C=O) groups excluding carboxylic acids is 1. The Bertz CT molecular complexity index is 731. The summed E-state index contributed by atoms with van der Waals surface area (Å²) >= 11 is 1.39. The number of rotatable bonds is 9. The van der Waals surface area contributed by atoms with Gasteiger partial charge in [-0.25, -0.2) is 4.98 Å². The Balaban J connectivity index is 2.25. The van der Waals surface area contributed by atoms with Crippen LogP contribution in [0.25, 0.3) is 0 Å². The molecule has 2 rings (SSSR count). The lowest BCUT2D eigenvalue weighted by molar-refractivity contribution is 0.0921. The van der Waals surface area contributed by atoms with Crippen LogP contribution in [0.1, 0.15) is 54.8 Å². The highest BCUT2D eigenvalue weighted by Crippen LogP contribution is 2.33. The van der Waals surface area contributed by atoms with Crippen molar-refractivity contribution in [3.05, 3.63) is 39.8 Å². The molecule has 1 aromatic carbocycles. The summed E-state index contributed by atoms with van der Waals surface area (Å²) in [7, 11) is 0. The van der Waals surface area contributed by atoms with Gasteiger partial charge in [0.2, 0.25) is 0 Å². The fourth-order valence-electron chi connectivity index (χ4n) is 2.62. The number of hydrogen-bond donors (Lipinski definition) is 2. The van der Waals surface area contributed by atoms with Crippen molar-refractivity contribution in [2.75, 3.05) is 13.2 Å². The summed E-state index contributed by atoms with van der Waals surface area (Å²) in [4.78, 5) is 16.8. The van der Waals surface area contributed by atoms with E-state index in [1.54, 1.807) is 5.38 Å². The van der Waals surface area contributed by atoms with Crippen LogP contribution in [0, 0.1) is 5.92 Å². The molecule has 1 atom stereocenters. The summed E-state index contributed by atoms with van der Waals surface area (Å²) in [5, 5.41) is 5.56. The average Bonchev–Trinajstić information content (AvgIpc) is 3.10. The third kappa shape index (κ3) is 4.95. The first-order valence-electron chi connectivity index (χ1n) is 8.84. The van der Waals surface area contributed by atoms with Crippen LogP contribution in [0.3, 0.4) is 0 Å². The van der Waals surface area contributed by atoms with Crippen molar-refractivity contribution in [1.29, 1.82) is 0 Å². The monoisotopic (exact) mass is 377 g/mol. The number of hydrogen-bond acceptors (Lipinski definition) is 6. The zero-order valence-corrected chi connectivity index (χ0v) is 16.6. The molecule has 0 bridgehead atoms. The maximum absolute atomic E-state index is 12.6. The predicted octanol–water partition coefficient (Wildman–Crippen LogP) is 3.53. The van der Waals surface area contributed by atoms with Gasteiger partial charge in [0.15, 0.2) is 11.5 Å². The average molecular weight is 378 g/mol. The normalized spacial score (nSPS) is 12.1. The van der Waals surface area contributed by atoms with Gasteiger partial charge in [0, 0.05) is 11.9 Å². The molecule has 142 valence electrons. The third-order valence-electron chi connectivity index (χ3n) is 3.84. The summed E-state index contributed by atoms with van der Waals surface area (Å²) in [6.45, 7) is 9.44. The van der Waals surface area contributed by atoms with Gasteiger partial charge in [0.05, 0.1) is 19.3 Å². The van der Waals surface area contributed by atoms with E-state index in [9.17, 15) is 4.79 Å². The minimum Gasteiger partial charge on any atom is -0.490 e. The quantitative estimate of drug-likeness (QED) is 0.698. The van der Waals surface area contributed by atoms with Crippen LogP contribution < -0.4 is 20.5 Å². The van der Waals surface area contributed by atoms with E-state index in [4.69, 9.17) is 15.2 Å². The van der Waals surface area contributed by atoms with Crippen molar-refractivity contribution in [3.8, 4) is 11.5 Å². The molecule has 0 aliphatic rings. The Morgan fingerprint density at radius 1 is 1.23 bits per heavy atom. The highest BCUT2D eigenvalue weighted by Gasteiger charge is 2.22. The number of aromatic nitrogens is 1. The molecule has 1 aromatic heterocycles. The molecule has 0 saturated carbocycles. The molecule has 0 radical (unpaired) electrons. The van der Waals surface area contributed by atoms with E-state index in [-0.39, 0.29) is 17.9 Å². The molecule has 0 aliphatic carbocycles. The maximum atomic E-state index is 12.6. The molecular formula is C19H27N3O3S. The van der Waals surface area contributed by atoms with Crippen LogP contribution >= 0.6 is 11.3 Å². The van der Waals surface area contributed by atoms with Gasteiger partial charge < -0.3 is 20.5 Å². The molecule has 2 aromatic rings. The molecular weight excluding hydrogens is 350 g/mol. The summed E-state index contributed by atoms with van der Waals surface area (Å²) in [6, 6.07) is 5.62. The zero-order valence-electron chi connectivity index (χ0n) is 15.7. The Labute approximate surface area is 158 Å². The van der Waals surface area contributed by atoms with E-state index in [0.29, 0.717) is 37.0 Å². The lowest BCUT2D eigenvalue weighted by Gasteiger charge is -2.24. The van der Waals surface area contributed by atoms with Gasteiger partial charge >= 0.3 is 0 Å². The zero-order chi connectivity index (χ0) is 19.1. The SMILES string of the molecule is CCOc1ccc(C(NC(=O)c2csc(CN)n2)C(C)C)cc1OCC. The molecule has 7 heteroatoms. The molecule has 1 unspecified atom stereocenters. The molecule has 0 fully saturated rings. The number of benzene rings is 1. The lowest BCUT2D eigenvalue weighted by Crippen LogP contribution is -2.32. The fraction of sp³-hybridized carbons (Fsp3) is 0.474. The Morgan fingerprint density at radius 3 is 2.50 bits per heavy atom. The van der Waals surface area contributed by atoms with Crippen LogP contribution in [0.5, 0.6) is 11.5 Å². The second kappa shape index (κ2) is 9.54. The molecule has 0 spiro atoms. The fourth-order valence-corrected chi connectivity index (χ4v) is 3.27. The summed E-state index contributed by atoms with van der Waals surface area (Å²) in [5.41, 5.74) is 6.95. The standard InChI is InChI=1S/C19H27N3O3S/c1-5-24-15-8-7-13(9-16(15)25-6-2)18(12(3)4)22-19(23)14-11-26-17(10-20)21-14/h7-9,11-12,18H,5-6,10,20H2,1-4H3,(H,22,23). The molecule has 1 amide bonds. The minimum absolute atomic E-state index is 0.166. The first kappa shape index (κ1) is 20.2. The molecule has 3 N–H and O–H groups in total. The Kier molecular flexibility index (Phi) is 7.41. The van der Waals surface area contributed by atoms with Gasteiger partial charge in [0.25, 0.3) is 5.91 Å². The second-order valence-electron chi connectivity index (χ2n) is 6.10. The smallest absolute Gasteiger partial charge is 0.271 e. The van der Waals surface area contributed by atoms with Gasteiger partial charge in [-0.05, 0) is 37.5 Å². The minimum atomic E-state index is -0.202. The third-order valence-corrected chi connectivity index (χ3v) is 4.71. The topological polar surface area (TPSA) is 86.5 Å². The largest absolute Gasteiger partial charge is 0.490 e. The number of nitrogens with one attached hydrogen (secondary N) is 1. The number of nitrogens with two attached hydrogens (primary N) is 1. The summed E-state index contributed by atoms with van der Waals surface area (Å²) in [6.07, 6.45) is 0. The van der Waals surface area contributed by atoms with E-state index in [0.717, 1.165) is 10.6 Å². The van der Waals surface area contributed by atoms with Crippen LogP contribution in [-0.2, 0) is 6.54 Å². The maximum Gasteiger partial charge on any atom is 0.271 e. The molecule has 6 nitrogen and oxygen atoms in total. The van der Waals surface area contributed by atoms with Crippen LogP contribution in [0.2, 0.25) is 0 Å². The first-order valence-corrected chi connectivity index (χ1v) is 9.72. The van der Waals surface area contributed by atoms with E-state index in [1.807, 2.05) is 32.0 Å². The molecule has 1 heterocycles. The van der Waals surface area contributed by atoms with Gasteiger partial charge in [0.1, 0.15) is 10.7 Å². The van der Waals surface area contributed by atoms with Gasteiger partial charge in [-0.2, -0.15) is 0 Å². The van der Waals surface area contributed by atoms with Crippen molar-refractivity contribution in [2.45, 2.75) is 40.3 Å². The number of carbonyl (C=O) groups is 1. The van der Waals surface area contributed by atoms with Crippen molar-refractivity contribution in [3.63, 3.8) is 0 Å². The van der Waals surface area contributed by atoms with E-state index >= 15 is 0 Å². The van der Waals surface area contributed by atoms with Crippen molar-refractivity contribution >= 4 is 17.2 Å². The number of thiazole rings is 1.